The van der Waals surface area contributed by atoms with Crippen molar-refractivity contribution in [3.63, 3.8) is 0 Å². The number of hydrogen-bond donors (Lipinski definition) is 0. The highest BCUT2D eigenvalue weighted by Gasteiger charge is 2.57. The Morgan fingerprint density at radius 3 is 2.80 bits per heavy atom. The van der Waals surface area contributed by atoms with Crippen LogP contribution in [0.4, 0.5) is 0 Å². The lowest BCUT2D eigenvalue weighted by atomic mass is 9.73. The molecule has 2 amide bonds. The molecule has 2 fully saturated rings. The Balaban J connectivity index is 1.70. The summed E-state index contributed by atoms with van der Waals surface area (Å²) in [6.45, 7) is 4.57. The topological polar surface area (TPSA) is 53.5 Å². The predicted octanol–water partition coefficient (Wildman–Crippen LogP) is 2.62. The summed E-state index contributed by atoms with van der Waals surface area (Å²) in [6.07, 6.45) is 0.806. The second kappa shape index (κ2) is 6.26. The van der Waals surface area contributed by atoms with Gasteiger partial charge in [0.25, 0.3) is 5.91 Å². The van der Waals surface area contributed by atoms with Crippen LogP contribution >= 0.6 is 11.3 Å². The summed E-state index contributed by atoms with van der Waals surface area (Å²) in [5.41, 5.74) is 2.80. The van der Waals surface area contributed by atoms with Gasteiger partial charge in [0.2, 0.25) is 5.91 Å². The number of nitrogens with zero attached hydrogens (tertiary/aromatic N) is 3. The fourth-order valence-corrected chi connectivity index (χ4v) is 4.81. The minimum atomic E-state index is -0.497. The third-order valence-corrected chi connectivity index (χ3v) is 6.19. The molecule has 1 spiro atoms. The molecule has 130 valence electrons. The lowest BCUT2D eigenvalue weighted by molar-refractivity contribution is -0.135. The Labute approximate surface area is 151 Å². The summed E-state index contributed by atoms with van der Waals surface area (Å²) < 4.78 is 0. The first-order valence-electron chi connectivity index (χ1n) is 8.67. The number of carbonyl (C=O) groups is 2. The van der Waals surface area contributed by atoms with Gasteiger partial charge in [0, 0.05) is 37.5 Å². The van der Waals surface area contributed by atoms with E-state index in [9.17, 15) is 9.59 Å². The van der Waals surface area contributed by atoms with Crippen LogP contribution < -0.4 is 0 Å². The molecular weight excluding hydrogens is 334 g/mol. The Hall–Kier alpha value is -2.21. The van der Waals surface area contributed by atoms with Crippen molar-refractivity contribution in [1.29, 1.82) is 0 Å². The maximum Gasteiger partial charge on any atom is 0.273 e. The summed E-state index contributed by atoms with van der Waals surface area (Å²) in [4.78, 5) is 33.9. The van der Waals surface area contributed by atoms with Gasteiger partial charge in [-0.25, -0.2) is 4.98 Å². The van der Waals surface area contributed by atoms with Crippen molar-refractivity contribution in [2.75, 3.05) is 26.2 Å². The number of carbonyl (C=O) groups excluding carboxylic acids is 2. The molecule has 2 aliphatic rings. The lowest BCUT2D eigenvalue weighted by Crippen LogP contribution is -2.40. The molecular formula is C19H21N3O2S. The van der Waals surface area contributed by atoms with Crippen LogP contribution in [-0.2, 0) is 4.79 Å². The second-order valence-corrected chi connectivity index (χ2v) is 7.53. The standard InChI is InChI=1S/C19H21N3O2S/c1-2-21-9-8-19(18(21)24)12-22(17(23)16-11-25-13-20-16)10-15(19)14-6-4-3-5-7-14/h3-7,11,13,15H,2,8-10,12H2,1H3/t15-,19+/m0/s1. The third kappa shape index (κ3) is 2.56. The quantitative estimate of drug-likeness (QED) is 0.850. The number of amides is 2. The van der Waals surface area contributed by atoms with E-state index in [4.69, 9.17) is 0 Å². The van der Waals surface area contributed by atoms with Crippen LogP contribution in [0.1, 0.15) is 35.3 Å². The first-order valence-corrected chi connectivity index (χ1v) is 9.62. The van der Waals surface area contributed by atoms with Crippen molar-refractivity contribution >= 4 is 23.2 Å². The molecule has 2 aliphatic heterocycles. The summed E-state index contributed by atoms with van der Waals surface area (Å²) in [6, 6.07) is 10.1. The first kappa shape index (κ1) is 16.3. The Bertz CT molecular complexity index is 777. The van der Waals surface area contributed by atoms with Crippen LogP contribution in [0.25, 0.3) is 0 Å². The fourth-order valence-electron chi connectivity index (χ4n) is 4.28. The van der Waals surface area contributed by atoms with Crippen LogP contribution in [0, 0.1) is 5.41 Å². The third-order valence-electron chi connectivity index (χ3n) is 5.61. The molecule has 4 rings (SSSR count). The van der Waals surface area contributed by atoms with E-state index in [1.807, 2.05) is 34.9 Å². The zero-order valence-corrected chi connectivity index (χ0v) is 15.0. The van der Waals surface area contributed by atoms with Gasteiger partial charge in [-0.2, -0.15) is 0 Å². The lowest BCUT2D eigenvalue weighted by Gasteiger charge is -2.28. The molecule has 2 atom stereocenters. The zero-order valence-electron chi connectivity index (χ0n) is 14.2. The molecule has 25 heavy (non-hydrogen) atoms. The van der Waals surface area contributed by atoms with Crippen molar-refractivity contribution in [3.8, 4) is 0 Å². The molecule has 2 saturated heterocycles. The Morgan fingerprint density at radius 1 is 1.36 bits per heavy atom. The van der Waals surface area contributed by atoms with E-state index in [1.165, 1.54) is 11.3 Å². The highest BCUT2D eigenvalue weighted by molar-refractivity contribution is 7.07. The number of aromatic nitrogens is 1. The molecule has 0 saturated carbocycles. The minimum Gasteiger partial charge on any atom is -0.342 e. The highest BCUT2D eigenvalue weighted by atomic mass is 32.1. The SMILES string of the molecule is CCN1CC[C@]2(CN(C(=O)c3cscn3)C[C@H]2c2ccccc2)C1=O. The van der Waals surface area contributed by atoms with Gasteiger partial charge in [-0.1, -0.05) is 30.3 Å². The summed E-state index contributed by atoms with van der Waals surface area (Å²) in [5, 5.41) is 1.78. The summed E-state index contributed by atoms with van der Waals surface area (Å²) >= 11 is 1.42. The normalized spacial score (nSPS) is 26.0. The van der Waals surface area contributed by atoms with E-state index >= 15 is 0 Å². The van der Waals surface area contributed by atoms with E-state index in [-0.39, 0.29) is 17.7 Å². The zero-order chi connectivity index (χ0) is 17.4. The molecule has 0 bridgehead atoms. The van der Waals surface area contributed by atoms with Crippen molar-refractivity contribution < 1.29 is 9.59 Å². The Kier molecular flexibility index (Phi) is 4.07. The molecule has 1 aromatic heterocycles. The van der Waals surface area contributed by atoms with E-state index < -0.39 is 5.41 Å². The van der Waals surface area contributed by atoms with Crippen LogP contribution in [0.2, 0.25) is 0 Å². The smallest absolute Gasteiger partial charge is 0.273 e. The van der Waals surface area contributed by atoms with Gasteiger partial charge in [0.15, 0.2) is 0 Å². The molecule has 0 N–H and O–H groups in total. The van der Waals surface area contributed by atoms with Gasteiger partial charge in [-0.05, 0) is 18.9 Å². The molecule has 5 nitrogen and oxygen atoms in total. The van der Waals surface area contributed by atoms with Gasteiger partial charge in [-0.15, -0.1) is 11.3 Å². The van der Waals surface area contributed by atoms with E-state index in [0.29, 0.717) is 18.8 Å². The molecule has 1 aromatic carbocycles. The maximum atomic E-state index is 13.2. The number of thiazole rings is 1. The number of benzene rings is 1. The Morgan fingerprint density at radius 2 is 2.16 bits per heavy atom. The van der Waals surface area contributed by atoms with Crippen molar-refractivity contribution in [3.05, 3.63) is 52.5 Å². The van der Waals surface area contributed by atoms with Gasteiger partial charge in [-0.3, -0.25) is 9.59 Å². The second-order valence-electron chi connectivity index (χ2n) is 6.81. The van der Waals surface area contributed by atoms with Crippen LogP contribution in [0.5, 0.6) is 0 Å². The predicted molar refractivity (Wildman–Crippen MR) is 96.5 cm³/mol. The summed E-state index contributed by atoms with van der Waals surface area (Å²) in [7, 11) is 0. The van der Waals surface area contributed by atoms with Crippen LogP contribution in [0.15, 0.2) is 41.2 Å². The van der Waals surface area contributed by atoms with Gasteiger partial charge >= 0.3 is 0 Å². The molecule has 0 radical (unpaired) electrons. The molecule has 6 heteroatoms. The largest absolute Gasteiger partial charge is 0.342 e. The number of rotatable bonds is 3. The molecule has 0 unspecified atom stereocenters. The molecule has 0 aliphatic carbocycles. The summed E-state index contributed by atoms with van der Waals surface area (Å²) in [5.74, 6) is 0.166. The highest BCUT2D eigenvalue weighted by Crippen LogP contribution is 2.50. The monoisotopic (exact) mass is 355 g/mol. The number of likely N-dealkylation sites (tertiary alicyclic amines) is 2. The fraction of sp³-hybridized carbons (Fsp3) is 0.421. The van der Waals surface area contributed by atoms with Gasteiger partial charge < -0.3 is 9.80 Å². The van der Waals surface area contributed by atoms with E-state index in [1.54, 1.807) is 10.9 Å². The molecule has 3 heterocycles. The van der Waals surface area contributed by atoms with Crippen LogP contribution in [0.3, 0.4) is 0 Å². The van der Waals surface area contributed by atoms with Crippen molar-refractivity contribution in [2.24, 2.45) is 5.41 Å². The first-order chi connectivity index (χ1) is 12.2. The van der Waals surface area contributed by atoms with Crippen molar-refractivity contribution in [2.45, 2.75) is 19.3 Å². The molecule has 2 aromatic rings. The average molecular weight is 355 g/mol. The van der Waals surface area contributed by atoms with Gasteiger partial charge in [0.1, 0.15) is 5.69 Å². The van der Waals surface area contributed by atoms with E-state index in [0.717, 1.165) is 25.1 Å². The van der Waals surface area contributed by atoms with Crippen LogP contribution in [-0.4, -0.2) is 52.8 Å². The maximum absolute atomic E-state index is 13.2. The number of hydrogen-bond acceptors (Lipinski definition) is 4. The average Bonchev–Trinajstić information content (AvgIpc) is 3.37. The van der Waals surface area contributed by atoms with Crippen molar-refractivity contribution in [1.82, 2.24) is 14.8 Å². The van der Waals surface area contributed by atoms with Gasteiger partial charge in [0.05, 0.1) is 10.9 Å². The van der Waals surface area contributed by atoms with E-state index in [2.05, 4.69) is 17.1 Å². The minimum absolute atomic E-state index is 0.0420.